The van der Waals surface area contributed by atoms with E-state index in [1.165, 1.54) is 0 Å². The van der Waals surface area contributed by atoms with Crippen molar-refractivity contribution in [3.63, 3.8) is 0 Å². The molecular formula is C11H24N2O. The average molecular weight is 200 g/mol. The Balaban J connectivity index is 4.24. The van der Waals surface area contributed by atoms with Crippen molar-refractivity contribution in [2.24, 2.45) is 11.1 Å². The summed E-state index contributed by atoms with van der Waals surface area (Å²) in [5.41, 5.74) is 5.47. The van der Waals surface area contributed by atoms with Crippen molar-refractivity contribution in [3.05, 3.63) is 0 Å². The van der Waals surface area contributed by atoms with E-state index in [1.807, 2.05) is 0 Å². The van der Waals surface area contributed by atoms with Gasteiger partial charge >= 0.3 is 0 Å². The van der Waals surface area contributed by atoms with E-state index in [-0.39, 0.29) is 17.4 Å². The van der Waals surface area contributed by atoms with Crippen LogP contribution in [0.3, 0.4) is 0 Å². The predicted octanol–water partition coefficient (Wildman–Crippen LogP) is 1.66. The molecule has 0 aliphatic carbocycles. The minimum absolute atomic E-state index is 0.125. The highest BCUT2D eigenvalue weighted by molar-refractivity contribution is 5.79. The molecule has 3 heteroatoms. The van der Waals surface area contributed by atoms with E-state index in [9.17, 15) is 4.79 Å². The molecule has 0 aromatic carbocycles. The number of rotatable bonds is 5. The molecule has 0 aromatic rings. The number of amides is 1. The molecule has 0 saturated carbocycles. The Hall–Kier alpha value is -0.570. The summed E-state index contributed by atoms with van der Waals surface area (Å²) in [5.74, 6) is -0.250. The minimum Gasteiger partial charge on any atom is -0.368 e. The van der Waals surface area contributed by atoms with Crippen molar-refractivity contribution >= 4 is 5.91 Å². The first-order chi connectivity index (χ1) is 6.26. The topological polar surface area (TPSA) is 55.1 Å². The van der Waals surface area contributed by atoms with Gasteiger partial charge in [0, 0.05) is 6.04 Å². The molecule has 0 rings (SSSR count). The smallest absolute Gasteiger partial charge is 0.234 e. The molecule has 1 amide bonds. The van der Waals surface area contributed by atoms with Crippen LogP contribution in [0.15, 0.2) is 0 Å². The van der Waals surface area contributed by atoms with E-state index in [4.69, 9.17) is 5.73 Å². The van der Waals surface area contributed by atoms with Crippen molar-refractivity contribution in [1.82, 2.24) is 5.32 Å². The van der Waals surface area contributed by atoms with Crippen LogP contribution in [0.4, 0.5) is 0 Å². The number of carbonyl (C=O) groups excluding carboxylic acids is 1. The van der Waals surface area contributed by atoms with Crippen LogP contribution < -0.4 is 11.1 Å². The summed E-state index contributed by atoms with van der Waals surface area (Å²) in [6, 6.07) is 0.139. The molecule has 14 heavy (non-hydrogen) atoms. The number of nitrogens with two attached hydrogens (primary N) is 1. The fourth-order valence-electron chi connectivity index (χ4n) is 1.32. The molecule has 2 unspecified atom stereocenters. The second-order valence-electron chi connectivity index (χ2n) is 5.20. The summed E-state index contributed by atoms with van der Waals surface area (Å²) in [6.07, 6.45) is 1.79. The minimum atomic E-state index is -0.250. The molecular weight excluding hydrogens is 176 g/mol. The molecule has 0 aliphatic rings. The van der Waals surface area contributed by atoms with Gasteiger partial charge in [0.1, 0.15) is 0 Å². The van der Waals surface area contributed by atoms with Crippen LogP contribution in [0.2, 0.25) is 0 Å². The number of hydrogen-bond donors (Lipinski definition) is 2. The maximum Gasteiger partial charge on any atom is 0.234 e. The van der Waals surface area contributed by atoms with Crippen LogP contribution in [0.1, 0.15) is 47.5 Å². The predicted molar refractivity (Wildman–Crippen MR) is 59.9 cm³/mol. The van der Waals surface area contributed by atoms with Gasteiger partial charge in [0.05, 0.1) is 6.04 Å². The van der Waals surface area contributed by atoms with E-state index in [0.29, 0.717) is 6.04 Å². The van der Waals surface area contributed by atoms with Gasteiger partial charge in [-0.3, -0.25) is 4.79 Å². The summed E-state index contributed by atoms with van der Waals surface area (Å²) in [4.78, 5) is 11.2. The first-order valence-electron chi connectivity index (χ1n) is 5.31. The van der Waals surface area contributed by atoms with Gasteiger partial charge in [-0.15, -0.1) is 0 Å². The van der Waals surface area contributed by atoms with Crippen LogP contribution in [-0.2, 0) is 4.79 Å². The lowest BCUT2D eigenvalue weighted by Crippen LogP contribution is -2.47. The zero-order valence-electron chi connectivity index (χ0n) is 10.1. The van der Waals surface area contributed by atoms with Gasteiger partial charge in [-0.1, -0.05) is 27.7 Å². The Labute approximate surface area is 87.4 Å². The van der Waals surface area contributed by atoms with E-state index < -0.39 is 0 Å². The summed E-state index contributed by atoms with van der Waals surface area (Å²) < 4.78 is 0. The monoisotopic (exact) mass is 200 g/mol. The standard InChI is InChI=1S/C11H24N2O/c1-6-8(2)13-9(10(12)14)7-11(3,4)5/h8-9,13H,6-7H2,1-5H3,(H2,12,14). The normalized spacial score (nSPS) is 16.4. The van der Waals surface area contributed by atoms with E-state index in [0.717, 1.165) is 12.8 Å². The maximum absolute atomic E-state index is 11.2. The molecule has 3 nitrogen and oxygen atoms in total. The molecule has 2 atom stereocenters. The van der Waals surface area contributed by atoms with Crippen molar-refractivity contribution < 1.29 is 4.79 Å². The second kappa shape index (κ2) is 5.35. The molecule has 0 bridgehead atoms. The van der Waals surface area contributed by atoms with Gasteiger partial charge in [-0.2, -0.15) is 0 Å². The SMILES string of the molecule is CCC(C)NC(CC(C)(C)C)C(N)=O. The highest BCUT2D eigenvalue weighted by Crippen LogP contribution is 2.20. The summed E-state index contributed by atoms with van der Waals surface area (Å²) in [7, 11) is 0. The fraction of sp³-hybridized carbons (Fsp3) is 0.909. The van der Waals surface area contributed by atoms with Crippen LogP contribution in [0.25, 0.3) is 0 Å². The Kier molecular flexibility index (Phi) is 5.13. The molecule has 84 valence electrons. The highest BCUT2D eigenvalue weighted by Gasteiger charge is 2.23. The van der Waals surface area contributed by atoms with Crippen molar-refractivity contribution in [1.29, 1.82) is 0 Å². The molecule has 0 aliphatic heterocycles. The number of carbonyl (C=O) groups is 1. The third-order valence-corrected chi connectivity index (χ3v) is 2.26. The lowest BCUT2D eigenvalue weighted by Gasteiger charge is -2.26. The van der Waals surface area contributed by atoms with E-state index >= 15 is 0 Å². The van der Waals surface area contributed by atoms with Crippen LogP contribution >= 0.6 is 0 Å². The molecule has 0 spiro atoms. The first-order valence-corrected chi connectivity index (χ1v) is 5.31. The highest BCUT2D eigenvalue weighted by atomic mass is 16.1. The summed E-state index contributed by atoms with van der Waals surface area (Å²) in [5, 5.41) is 3.25. The molecule has 0 fully saturated rings. The molecule has 0 heterocycles. The zero-order valence-corrected chi connectivity index (χ0v) is 10.1. The summed E-state index contributed by atoms with van der Waals surface area (Å²) >= 11 is 0. The molecule has 0 radical (unpaired) electrons. The second-order valence-corrected chi connectivity index (χ2v) is 5.20. The first kappa shape index (κ1) is 13.4. The van der Waals surface area contributed by atoms with Gasteiger partial charge in [-0.25, -0.2) is 0 Å². The van der Waals surface area contributed by atoms with Crippen molar-refractivity contribution in [3.8, 4) is 0 Å². The quantitative estimate of drug-likeness (QED) is 0.709. The molecule has 0 saturated heterocycles. The van der Waals surface area contributed by atoms with E-state index in [2.05, 4.69) is 39.9 Å². The van der Waals surface area contributed by atoms with Gasteiger partial charge in [0.25, 0.3) is 0 Å². The Bertz CT molecular complexity index is 184. The Morgan fingerprint density at radius 2 is 1.93 bits per heavy atom. The number of primary amides is 1. The lowest BCUT2D eigenvalue weighted by molar-refractivity contribution is -0.120. The largest absolute Gasteiger partial charge is 0.368 e. The Morgan fingerprint density at radius 3 is 2.21 bits per heavy atom. The number of hydrogen-bond acceptors (Lipinski definition) is 2. The third-order valence-electron chi connectivity index (χ3n) is 2.26. The summed E-state index contributed by atoms with van der Waals surface area (Å²) in [6.45, 7) is 10.5. The number of nitrogens with one attached hydrogen (secondary N) is 1. The van der Waals surface area contributed by atoms with Crippen LogP contribution in [-0.4, -0.2) is 18.0 Å². The van der Waals surface area contributed by atoms with Crippen LogP contribution in [0, 0.1) is 5.41 Å². The fourth-order valence-corrected chi connectivity index (χ4v) is 1.32. The van der Waals surface area contributed by atoms with Gasteiger partial charge in [0.2, 0.25) is 5.91 Å². The Morgan fingerprint density at radius 1 is 1.43 bits per heavy atom. The van der Waals surface area contributed by atoms with Gasteiger partial charge < -0.3 is 11.1 Å². The maximum atomic E-state index is 11.2. The third kappa shape index (κ3) is 5.97. The van der Waals surface area contributed by atoms with Crippen LogP contribution in [0.5, 0.6) is 0 Å². The average Bonchev–Trinajstić information content (AvgIpc) is 2.00. The van der Waals surface area contributed by atoms with Gasteiger partial charge in [-0.05, 0) is 25.2 Å². The zero-order chi connectivity index (χ0) is 11.4. The van der Waals surface area contributed by atoms with Crippen molar-refractivity contribution in [2.75, 3.05) is 0 Å². The van der Waals surface area contributed by atoms with Crippen molar-refractivity contribution in [2.45, 2.75) is 59.5 Å². The van der Waals surface area contributed by atoms with Gasteiger partial charge in [0.15, 0.2) is 0 Å². The molecule has 0 aromatic heterocycles. The van der Waals surface area contributed by atoms with E-state index in [1.54, 1.807) is 0 Å². The molecule has 3 N–H and O–H groups in total. The lowest BCUT2D eigenvalue weighted by atomic mass is 9.87.